The Morgan fingerprint density at radius 1 is 0.923 bits per heavy atom. The second-order valence-electron chi connectivity index (χ2n) is 6.87. The molecule has 0 unspecified atom stereocenters. The third-order valence-electron chi connectivity index (χ3n) is 5.43. The zero-order valence-corrected chi connectivity index (χ0v) is 15.0. The maximum atomic E-state index is 4.43. The zero-order valence-electron chi connectivity index (χ0n) is 15.0. The summed E-state index contributed by atoms with van der Waals surface area (Å²) in [6, 6.07) is 17.0. The number of hydrogen-bond donors (Lipinski definition) is 0. The molecule has 0 saturated carbocycles. The molecule has 5 aromatic rings. The molecule has 0 atom stereocenters. The topological polar surface area (TPSA) is 21.7 Å². The van der Waals surface area contributed by atoms with E-state index in [-0.39, 0.29) is 0 Å². The average Bonchev–Trinajstić information content (AvgIpc) is 2.99. The van der Waals surface area contributed by atoms with Crippen LogP contribution in [0.5, 0.6) is 0 Å². The van der Waals surface area contributed by atoms with E-state index in [9.17, 15) is 0 Å². The van der Waals surface area contributed by atoms with Gasteiger partial charge in [-0.15, -0.1) is 0 Å². The van der Waals surface area contributed by atoms with Crippen molar-refractivity contribution in [2.24, 2.45) is 7.05 Å². The van der Waals surface area contributed by atoms with Crippen molar-refractivity contribution < 1.29 is 4.57 Å². The highest BCUT2D eigenvalue weighted by molar-refractivity contribution is 6.16. The Balaban J connectivity index is 1.99. The van der Waals surface area contributed by atoms with Gasteiger partial charge in [0.2, 0.25) is 0 Å². The lowest BCUT2D eigenvalue weighted by Gasteiger charge is -2.11. The Hall–Kier alpha value is -3.20. The molecule has 0 bridgehead atoms. The van der Waals surface area contributed by atoms with Gasteiger partial charge in [0.1, 0.15) is 0 Å². The molecule has 26 heavy (non-hydrogen) atoms. The van der Waals surface area contributed by atoms with E-state index in [4.69, 9.17) is 0 Å². The van der Waals surface area contributed by atoms with Crippen molar-refractivity contribution in [3.8, 4) is 0 Å². The van der Waals surface area contributed by atoms with Gasteiger partial charge in [0.25, 0.3) is 0 Å². The Morgan fingerprint density at radius 3 is 2.58 bits per heavy atom. The van der Waals surface area contributed by atoms with E-state index >= 15 is 0 Å². The molecule has 3 heteroatoms. The fourth-order valence-corrected chi connectivity index (χ4v) is 4.25. The van der Waals surface area contributed by atoms with Gasteiger partial charge >= 0.3 is 0 Å². The summed E-state index contributed by atoms with van der Waals surface area (Å²) in [7, 11) is 2.17. The number of aromatic nitrogens is 3. The SMILES string of the molecule is Cc1c2ccncc2c(C[n+]2ccccc2)c2c3ccccc3n(C)c12. The van der Waals surface area contributed by atoms with Crippen LogP contribution in [0.25, 0.3) is 32.6 Å². The third kappa shape index (κ3) is 2.07. The van der Waals surface area contributed by atoms with Crippen LogP contribution in [0.2, 0.25) is 0 Å². The van der Waals surface area contributed by atoms with Crippen LogP contribution in [0.3, 0.4) is 0 Å². The fraction of sp³-hybridized carbons (Fsp3) is 0.130. The summed E-state index contributed by atoms with van der Waals surface area (Å²) in [5, 5.41) is 5.18. The van der Waals surface area contributed by atoms with Crippen LogP contribution in [-0.4, -0.2) is 9.55 Å². The quantitative estimate of drug-likeness (QED) is 0.434. The molecule has 0 N–H and O–H groups in total. The number of rotatable bonds is 2. The molecule has 0 aliphatic carbocycles. The average molecular weight is 338 g/mol. The van der Waals surface area contributed by atoms with E-state index < -0.39 is 0 Å². The first-order valence-electron chi connectivity index (χ1n) is 8.92. The summed E-state index contributed by atoms with van der Waals surface area (Å²) in [4.78, 5) is 4.43. The van der Waals surface area contributed by atoms with Crippen molar-refractivity contribution in [1.29, 1.82) is 0 Å². The summed E-state index contributed by atoms with van der Waals surface area (Å²) in [5.41, 5.74) is 5.24. The number of aryl methyl sites for hydroxylation is 2. The van der Waals surface area contributed by atoms with E-state index in [0.29, 0.717) is 0 Å². The molecule has 0 saturated heterocycles. The lowest BCUT2D eigenvalue weighted by molar-refractivity contribution is -0.688. The number of pyridine rings is 2. The van der Waals surface area contributed by atoms with Gasteiger partial charge < -0.3 is 4.57 Å². The minimum atomic E-state index is 0.827. The van der Waals surface area contributed by atoms with E-state index in [1.807, 2.05) is 12.4 Å². The Morgan fingerprint density at radius 2 is 1.73 bits per heavy atom. The van der Waals surface area contributed by atoms with Crippen molar-refractivity contribution in [1.82, 2.24) is 9.55 Å². The van der Waals surface area contributed by atoms with Crippen LogP contribution in [0, 0.1) is 6.92 Å². The molecule has 5 rings (SSSR count). The van der Waals surface area contributed by atoms with Gasteiger partial charge in [-0.3, -0.25) is 4.98 Å². The van der Waals surface area contributed by atoms with Gasteiger partial charge in [-0.2, -0.15) is 0 Å². The number of hydrogen-bond acceptors (Lipinski definition) is 1. The van der Waals surface area contributed by atoms with Gasteiger partial charge in [0.15, 0.2) is 18.9 Å². The number of benzene rings is 2. The summed E-state index contributed by atoms with van der Waals surface area (Å²) < 4.78 is 4.57. The molecule has 3 nitrogen and oxygen atoms in total. The second kappa shape index (κ2) is 5.67. The van der Waals surface area contributed by atoms with Crippen molar-refractivity contribution in [2.75, 3.05) is 0 Å². The largest absolute Gasteiger partial charge is 0.343 e. The van der Waals surface area contributed by atoms with Crippen molar-refractivity contribution >= 4 is 32.6 Å². The van der Waals surface area contributed by atoms with Crippen molar-refractivity contribution in [2.45, 2.75) is 13.5 Å². The van der Waals surface area contributed by atoms with Crippen LogP contribution < -0.4 is 4.57 Å². The summed E-state index contributed by atoms with van der Waals surface area (Å²) in [6.45, 7) is 3.05. The highest BCUT2D eigenvalue weighted by Crippen LogP contribution is 2.38. The van der Waals surface area contributed by atoms with E-state index in [0.717, 1.165) is 6.54 Å². The van der Waals surface area contributed by atoms with Gasteiger partial charge in [0.05, 0.1) is 5.52 Å². The fourth-order valence-electron chi connectivity index (χ4n) is 4.25. The molecule has 0 spiro atoms. The number of nitrogens with zero attached hydrogens (tertiary/aromatic N) is 3. The predicted octanol–water partition coefficient (Wildman–Crippen LogP) is 4.52. The van der Waals surface area contributed by atoms with Crippen LogP contribution in [0.1, 0.15) is 11.1 Å². The molecule has 0 aliphatic rings. The predicted molar refractivity (Wildman–Crippen MR) is 106 cm³/mol. The molecule has 0 aliphatic heterocycles. The first kappa shape index (κ1) is 15.1. The van der Waals surface area contributed by atoms with Crippen LogP contribution in [0.4, 0.5) is 0 Å². The highest BCUT2D eigenvalue weighted by atomic mass is 15.0. The normalized spacial score (nSPS) is 11.6. The zero-order chi connectivity index (χ0) is 17.7. The lowest BCUT2D eigenvalue weighted by Crippen LogP contribution is -2.33. The minimum Gasteiger partial charge on any atom is -0.343 e. The molecular weight excluding hydrogens is 318 g/mol. The second-order valence-corrected chi connectivity index (χ2v) is 6.87. The Labute approximate surface area is 152 Å². The molecule has 2 aromatic carbocycles. The van der Waals surface area contributed by atoms with Crippen LogP contribution >= 0.6 is 0 Å². The van der Waals surface area contributed by atoms with Gasteiger partial charge in [-0.1, -0.05) is 24.3 Å². The molecule has 0 fully saturated rings. The molecule has 0 radical (unpaired) electrons. The maximum absolute atomic E-state index is 4.43. The standard InChI is InChI=1S/C23H20N3/c1-16-17-10-11-24-14-19(17)20(15-26-12-6-3-7-13-26)22-18-8-4-5-9-21(18)25(2)23(16)22/h3-14H,15H2,1-2H3/q+1. The van der Waals surface area contributed by atoms with Crippen LogP contribution in [-0.2, 0) is 13.6 Å². The summed E-state index contributed by atoms with van der Waals surface area (Å²) in [5.74, 6) is 0. The van der Waals surface area contributed by atoms with Crippen LogP contribution in [0.15, 0.2) is 73.3 Å². The monoisotopic (exact) mass is 338 g/mol. The Kier molecular flexibility index (Phi) is 3.29. The van der Waals surface area contributed by atoms with Crippen molar-refractivity contribution in [3.05, 3.63) is 84.4 Å². The first-order chi connectivity index (χ1) is 12.8. The summed E-state index contributed by atoms with van der Waals surface area (Å²) >= 11 is 0. The molecular formula is C23H20N3+. The van der Waals surface area contributed by atoms with Gasteiger partial charge in [-0.05, 0) is 30.0 Å². The molecule has 3 aromatic heterocycles. The molecule has 0 amide bonds. The molecule has 3 heterocycles. The highest BCUT2D eigenvalue weighted by Gasteiger charge is 2.20. The maximum Gasteiger partial charge on any atom is 0.175 e. The van der Waals surface area contributed by atoms with E-state index in [1.54, 1.807) is 0 Å². The van der Waals surface area contributed by atoms with Gasteiger partial charge in [0, 0.05) is 58.8 Å². The van der Waals surface area contributed by atoms with Gasteiger partial charge in [-0.25, -0.2) is 4.57 Å². The molecule has 126 valence electrons. The number of para-hydroxylation sites is 1. The minimum absolute atomic E-state index is 0.827. The van der Waals surface area contributed by atoms with E-state index in [2.05, 4.69) is 89.0 Å². The number of fused-ring (bicyclic) bond motifs is 4. The van der Waals surface area contributed by atoms with Crippen molar-refractivity contribution in [3.63, 3.8) is 0 Å². The van der Waals surface area contributed by atoms with E-state index in [1.165, 1.54) is 43.7 Å². The third-order valence-corrected chi connectivity index (χ3v) is 5.43. The smallest absolute Gasteiger partial charge is 0.175 e. The Bertz CT molecular complexity index is 1270. The first-order valence-corrected chi connectivity index (χ1v) is 8.92. The lowest BCUT2D eigenvalue weighted by atomic mass is 9.96. The summed E-state index contributed by atoms with van der Waals surface area (Å²) in [6.07, 6.45) is 8.16.